The molecule has 0 aliphatic heterocycles. The van der Waals surface area contributed by atoms with Gasteiger partial charge in [-0.3, -0.25) is 19.4 Å². The molecule has 0 spiro atoms. The van der Waals surface area contributed by atoms with E-state index in [1.807, 2.05) is 0 Å². The van der Waals surface area contributed by atoms with Gasteiger partial charge in [0.25, 0.3) is 5.91 Å². The van der Waals surface area contributed by atoms with Crippen LogP contribution in [0, 0.1) is 0 Å². The van der Waals surface area contributed by atoms with Gasteiger partial charge in [0.05, 0.1) is 18.4 Å². The standard InChI is InChI=1S/C17H14N4O3/c22-15(21-11-4-3-7-18-8-11)10-20-17(24)13-9-19-14-6-2-1-5-12(14)16(13)23/h1-9H,10H2,(H,19,23)(H,20,24)(H,21,22). The van der Waals surface area contributed by atoms with Crippen LogP contribution in [0.25, 0.3) is 10.9 Å². The fourth-order valence-electron chi connectivity index (χ4n) is 2.23. The second-order valence-electron chi connectivity index (χ2n) is 5.05. The number of H-pyrrole nitrogens is 1. The first-order valence-electron chi connectivity index (χ1n) is 7.23. The van der Waals surface area contributed by atoms with E-state index in [0.717, 1.165) is 0 Å². The van der Waals surface area contributed by atoms with Crippen LogP contribution in [-0.2, 0) is 4.79 Å². The Balaban J connectivity index is 1.68. The lowest BCUT2D eigenvalue weighted by atomic mass is 10.1. The maximum Gasteiger partial charge on any atom is 0.257 e. The predicted octanol–water partition coefficient (Wildman–Crippen LogP) is 1.29. The van der Waals surface area contributed by atoms with Crippen LogP contribution in [0.5, 0.6) is 0 Å². The highest BCUT2D eigenvalue weighted by Gasteiger charge is 2.13. The number of fused-ring (bicyclic) bond motifs is 1. The minimum Gasteiger partial charge on any atom is -0.360 e. The quantitative estimate of drug-likeness (QED) is 0.673. The Hall–Kier alpha value is -3.48. The summed E-state index contributed by atoms with van der Waals surface area (Å²) < 4.78 is 0. The van der Waals surface area contributed by atoms with Crippen molar-refractivity contribution in [3.8, 4) is 0 Å². The number of carbonyl (C=O) groups is 2. The van der Waals surface area contributed by atoms with E-state index in [1.54, 1.807) is 42.6 Å². The van der Waals surface area contributed by atoms with Gasteiger partial charge in [-0.15, -0.1) is 0 Å². The minimum absolute atomic E-state index is 0.0390. The highest BCUT2D eigenvalue weighted by molar-refractivity contribution is 6.00. The van der Waals surface area contributed by atoms with Gasteiger partial charge in [0, 0.05) is 23.3 Å². The van der Waals surface area contributed by atoms with E-state index in [1.165, 1.54) is 12.4 Å². The number of amides is 2. The topological polar surface area (TPSA) is 104 Å². The molecule has 0 aliphatic rings. The van der Waals surface area contributed by atoms with Gasteiger partial charge in [-0.1, -0.05) is 12.1 Å². The molecule has 2 heterocycles. The van der Waals surface area contributed by atoms with Crippen LogP contribution in [0.4, 0.5) is 5.69 Å². The first-order valence-corrected chi connectivity index (χ1v) is 7.23. The number of anilines is 1. The van der Waals surface area contributed by atoms with Crippen LogP contribution < -0.4 is 16.1 Å². The van der Waals surface area contributed by atoms with Crippen LogP contribution >= 0.6 is 0 Å². The van der Waals surface area contributed by atoms with Crippen LogP contribution in [0.2, 0.25) is 0 Å². The number of benzene rings is 1. The van der Waals surface area contributed by atoms with Gasteiger partial charge in [-0.05, 0) is 24.3 Å². The van der Waals surface area contributed by atoms with Crippen molar-refractivity contribution in [3.05, 3.63) is 70.8 Å². The van der Waals surface area contributed by atoms with E-state index in [0.29, 0.717) is 16.6 Å². The number of nitrogens with one attached hydrogen (secondary N) is 3. The third kappa shape index (κ3) is 3.30. The summed E-state index contributed by atoms with van der Waals surface area (Å²) in [6, 6.07) is 10.3. The number of hydrogen-bond acceptors (Lipinski definition) is 4. The summed E-state index contributed by atoms with van der Waals surface area (Å²) in [5.41, 5.74) is 0.756. The van der Waals surface area contributed by atoms with Gasteiger partial charge < -0.3 is 15.6 Å². The van der Waals surface area contributed by atoms with Crippen LogP contribution in [0.15, 0.2) is 59.8 Å². The molecule has 0 saturated carbocycles. The lowest BCUT2D eigenvalue weighted by Crippen LogP contribution is -2.35. The summed E-state index contributed by atoms with van der Waals surface area (Å²) in [5.74, 6) is -1.02. The number of carbonyl (C=O) groups excluding carboxylic acids is 2. The summed E-state index contributed by atoms with van der Waals surface area (Å²) in [6.07, 6.45) is 4.43. The van der Waals surface area contributed by atoms with Crippen molar-refractivity contribution in [1.82, 2.24) is 15.3 Å². The van der Waals surface area contributed by atoms with Crippen molar-refractivity contribution in [2.24, 2.45) is 0 Å². The number of nitrogens with zero attached hydrogens (tertiary/aromatic N) is 1. The molecular formula is C17H14N4O3. The minimum atomic E-state index is -0.608. The smallest absolute Gasteiger partial charge is 0.257 e. The van der Waals surface area contributed by atoms with Crippen molar-refractivity contribution in [2.45, 2.75) is 0 Å². The van der Waals surface area contributed by atoms with Crippen molar-refractivity contribution in [2.75, 3.05) is 11.9 Å². The molecule has 0 aliphatic carbocycles. The van der Waals surface area contributed by atoms with E-state index >= 15 is 0 Å². The van der Waals surface area contributed by atoms with Crippen LogP contribution in [0.1, 0.15) is 10.4 Å². The van der Waals surface area contributed by atoms with E-state index in [-0.39, 0.29) is 17.5 Å². The van der Waals surface area contributed by atoms with E-state index in [4.69, 9.17) is 0 Å². The normalized spacial score (nSPS) is 10.3. The molecule has 24 heavy (non-hydrogen) atoms. The predicted molar refractivity (Wildman–Crippen MR) is 89.8 cm³/mol. The summed E-state index contributed by atoms with van der Waals surface area (Å²) in [5, 5.41) is 5.45. The second-order valence-corrected chi connectivity index (χ2v) is 5.05. The van der Waals surface area contributed by atoms with Gasteiger partial charge in [0.1, 0.15) is 5.56 Å². The number of rotatable bonds is 4. The third-order valence-electron chi connectivity index (χ3n) is 3.39. The third-order valence-corrected chi connectivity index (χ3v) is 3.39. The van der Waals surface area contributed by atoms with Gasteiger partial charge in [-0.2, -0.15) is 0 Å². The van der Waals surface area contributed by atoms with Crippen LogP contribution in [-0.4, -0.2) is 28.3 Å². The zero-order valence-electron chi connectivity index (χ0n) is 12.6. The maximum absolute atomic E-state index is 12.3. The molecule has 0 saturated heterocycles. The Kier molecular flexibility index (Phi) is 4.33. The molecule has 7 nitrogen and oxygen atoms in total. The number of para-hydroxylation sites is 1. The molecule has 3 N–H and O–H groups in total. The first-order chi connectivity index (χ1) is 11.6. The fourth-order valence-corrected chi connectivity index (χ4v) is 2.23. The molecule has 0 bridgehead atoms. The lowest BCUT2D eigenvalue weighted by molar-refractivity contribution is -0.115. The van der Waals surface area contributed by atoms with Crippen molar-refractivity contribution in [1.29, 1.82) is 0 Å². The highest BCUT2D eigenvalue weighted by Crippen LogP contribution is 2.07. The number of pyridine rings is 2. The largest absolute Gasteiger partial charge is 0.360 e. The van der Waals surface area contributed by atoms with Gasteiger partial charge >= 0.3 is 0 Å². The Morgan fingerprint density at radius 1 is 1.12 bits per heavy atom. The second kappa shape index (κ2) is 6.74. The van der Waals surface area contributed by atoms with E-state index in [9.17, 15) is 14.4 Å². The molecule has 2 aromatic heterocycles. The molecule has 2 amide bonds. The van der Waals surface area contributed by atoms with Crippen LogP contribution in [0.3, 0.4) is 0 Å². The van der Waals surface area contributed by atoms with Gasteiger partial charge in [-0.25, -0.2) is 0 Å². The zero-order valence-corrected chi connectivity index (χ0v) is 12.6. The number of aromatic nitrogens is 2. The molecule has 3 aromatic rings. The molecule has 0 fully saturated rings. The highest BCUT2D eigenvalue weighted by atomic mass is 16.2. The Morgan fingerprint density at radius 2 is 1.96 bits per heavy atom. The lowest BCUT2D eigenvalue weighted by Gasteiger charge is -2.07. The molecule has 0 unspecified atom stereocenters. The van der Waals surface area contributed by atoms with Gasteiger partial charge in [0.2, 0.25) is 11.3 Å². The summed E-state index contributed by atoms with van der Waals surface area (Å²) in [4.78, 5) is 43.0. The molecular weight excluding hydrogens is 308 g/mol. The molecule has 7 heteroatoms. The summed E-state index contributed by atoms with van der Waals surface area (Å²) >= 11 is 0. The maximum atomic E-state index is 12.3. The molecule has 0 radical (unpaired) electrons. The summed E-state index contributed by atoms with van der Waals surface area (Å²) in [7, 11) is 0. The fraction of sp³-hybridized carbons (Fsp3) is 0.0588. The average molecular weight is 322 g/mol. The Bertz CT molecular complexity index is 951. The van der Waals surface area contributed by atoms with Crippen molar-refractivity contribution < 1.29 is 9.59 Å². The Labute approximate surface area is 136 Å². The van der Waals surface area contributed by atoms with E-state index in [2.05, 4.69) is 20.6 Å². The molecule has 3 rings (SSSR count). The van der Waals surface area contributed by atoms with E-state index < -0.39 is 11.8 Å². The summed E-state index contributed by atoms with van der Waals surface area (Å²) in [6.45, 7) is -0.250. The molecule has 0 atom stereocenters. The average Bonchev–Trinajstić information content (AvgIpc) is 2.61. The Morgan fingerprint density at radius 3 is 2.75 bits per heavy atom. The molecule has 120 valence electrons. The van der Waals surface area contributed by atoms with Crippen molar-refractivity contribution in [3.63, 3.8) is 0 Å². The number of hydrogen-bond donors (Lipinski definition) is 3. The number of aromatic amines is 1. The first kappa shape index (κ1) is 15.4. The zero-order chi connectivity index (χ0) is 16.9. The van der Waals surface area contributed by atoms with Crippen molar-refractivity contribution >= 4 is 28.4 Å². The molecule has 1 aromatic carbocycles. The SMILES string of the molecule is O=C(CNC(=O)c1c[nH]c2ccccc2c1=O)Nc1cccnc1. The monoisotopic (exact) mass is 322 g/mol. The van der Waals surface area contributed by atoms with Gasteiger partial charge in [0.15, 0.2) is 0 Å².